The first kappa shape index (κ1) is 21.4. The predicted octanol–water partition coefficient (Wildman–Crippen LogP) is 2.73. The third-order valence-corrected chi connectivity index (χ3v) is 5.19. The van der Waals surface area contributed by atoms with Gasteiger partial charge in [-0.3, -0.25) is 9.10 Å². The topological polar surface area (TPSA) is 88.1 Å². The largest absolute Gasteiger partial charge is 0.497 e. The zero-order chi connectivity index (χ0) is 20.7. The highest BCUT2D eigenvalue weighted by Crippen LogP contribution is 2.21. The second-order valence-corrected chi connectivity index (χ2v) is 8.49. The Morgan fingerprint density at radius 1 is 1.14 bits per heavy atom. The molecular weight excluding hydrogens is 378 g/mol. The molecule has 0 saturated heterocycles. The molecule has 0 aliphatic carbocycles. The summed E-state index contributed by atoms with van der Waals surface area (Å²) < 4.78 is 30.4. The zero-order valence-electron chi connectivity index (χ0n) is 16.4. The molecule has 7 nitrogen and oxygen atoms in total. The van der Waals surface area contributed by atoms with Gasteiger partial charge in [0.2, 0.25) is 10.0 Å². The van der Waals surface area contributed by atoms with E-state index in [1.807, 2.05) is 12.1 Å². The van der Waals surface area contributed by atoms with Crippen molar-refractivity contribution in [3.8, 4) is 5.75 Å². The van der Waals surface area contributed by atoms with Gasteiger partial charge in [-0.15, -0.1) is 0 Å². The van der Waals surface area contributed by atoms with E-state index in [-0.39, 0.29) is 6.54 Å². The van der Waals surface area contributed by atoms with Crippen LogP contribution in [0.2, 0.25) is 0 Å². The molecule has 2 aromatic carbocycles. The number of hydrogen-bond acceptors (Lipinski definition) is 5. The Morgan fingerprint density at radius 3 is 2.25 bits per heavy atom. The summed E-state index contributed by atoms with van der Waals surface area (Å²) in [6.07, 6.45) is 2.54. The molecule has 0 unspecified atom stereocenters. The van der Waals surface area contributed by atoms with Gasteiger partial charge in [0.15, 0.2) is 0 Å². The third-order valence-electron chi connectivity index (χ3n) is 4.05. The van der Waals surface area contributed by atoms with Gasteiger partial charge >= 0.3 is 0 Å². The van der Waals surface area contributed by atoms with E-state index in [1.54, 1.807) is 43.5 Å². The lowest BCUT2D eigenvalue weighted by atomic mass is 10.0. The van der Waals surface area contributed by atoms with Gasteiger partial charge in [-0.25, -0.2) is 13.8 Å². The van der Waals surface area contributed by atoms with E-state index in [2.05, 4.69) is 24.4 Å². The van der Waals surface area contributed by atoms with Crippen LogP contribution in [0.1, 0.15) is 30.9 Å². The summed E-state index contributed by atoms with van der Waals surface area (Å²) in [5, 5.41) is 3.88. The van der Waals surface area contributed by atoms with Gasteiger partial charge in [-0.1, -0.05) is 26.0 Å². The van der Waals surface area contributed by atoms with Crippen molar-refractivity contribution in [1.82, 2.24) is 5.43 Å². The predicted molar refractivity (Wildman–Crippen MR) is 111 cm³/mol. The van der Waals surface area contributed by atoms with Gasteiger partial charge < -0.3 is 4.74 Å². The number of ether oxygens (including phenoxy) is 1. The Labute approximate surface area is 166 Å². The number of amides is 1. The number of anilines is 1. The van der Waals surface area contributed by atoms with Crippen molar-refractivity contribution in [3.05, 3.63) is 59.7 Å². The molecule has 0 spiro atoms. The number of rotatable bonds is 8. The average Bonchev–Trinajstić information content (AvgIpc) is 2.66. The summed E-state index contributed by atoms with van der Waals surface area (Å²) in [6.45, 7) is 3.75. The van der Waals surface area contributed by atoms with Crippen LogP contribution in [0.5, 0.6) is 5.75 Å². The van der Waals surface area contributed by atoms with Crippen molar-refractivity contribution in [2.75, 3.05) is 24.2 Å². The second kappa shape index (κ2) is 9.36. The van der Waals surface area contributed by atoms with Crippen LogP contribution in [-0.4, -0.2) is 40.4 Å². The first-order valence-corrected chi connectivity index (χ1v) is 10.6. The molecule has 0 atom stereocenters. The number of hydrogen-bond donors (Lipinski definition) is 1. The second-order valence-electron chi connectivity index (χ2n) is 6.58. The molecule has 1 N–H and O–H groups in total. The number of hydrazone groups is 1. The molecule has 1 amide bonds. The highest BCUT2D eigenvalue weighted by atomic mass is 32.2. The number of carbonyl (C=O) groups is 1. The summed E-state index contributed by atoms with van der Waals surface area (Å²) in [7, 11) is -2.05. The molecule has 0 heterocycles. The Kier molecular flexibility index (Phi) is 7.17. The van der Waals surface area contributed by atoms with Crippen molar-refractivity contribution in [1.29, 1.82) is 0 Å². The van der Waals surface area contributed by atoms with Gasteiger partial charge in [0.1, 0.15) is 12.3 Å². The molecule has 150 valence electrons. The molecular formula is C20H25N3O4S. The Morgan fingerprint density at radius 2 is 1.75 bits per heavy atom. The number of carbonyl (C=O) groups excluding carboxylic acids is 1. The van der Waals surface area contributed by atoms with Gasteiger partial charge in [0.25, 0.3) is 5.91 Å². The fraction of sp³-hybridized carbons (Fsp3) is 0.300. The van der Waals surface area contributed by atoms with Crippen LogP contribution >= 0.6 is 0 Å². The minimum atomic E-state index is -3.62. The number of benzene rings is 2. The smallest absolute Gasteiger partial charge is 0.260 e. The SMILES string of the molecule is COc1ccc(/C=N\NC(=O)CN(c2ccc(C(C)C)cc2)S(C)(=O)=O)cc1. The van der Waals surface area contributed by atoms with Gasteiger partial charge in [0.05, 0.1) is 25.3 Å². The Balaban J connectivity index is 2.05. The van der Waals surface area contributed by atoms with E-state index in [4.69, 9.17) is 4.74 Å². The average molecular weight is 404 g/mol. The van der Waals surface area contributed by atoms with Gasteiger partial charge in [-0.05, 0) is 53.4 Å². The van der Waals surface area contributed by atoms with Crippen LogP contribution in [0, 0.1) is 0 Å². The van der Waals surface area contributed by atoms with Gasteiger partial charge in [0, 0.05) is 0 Å². The number of nitrogens with zero attached hydrogens (tertiary/aromatic N) is 2. The molecule has 8 heteroatoms. The fourth-order valence-electron chi connectivity index (χ4n) is 2.46. The van der Waals surface area contributed by atoms with Crippen LogP contribution in [0.15, 0.2) is 53.6 Å². The fourth-order valence-corrected chi connectivity index (χ4v) is 3.32. The lowest BCUT2D eigenvalue weighted by molar-refractivity contribution is -0.119. The maximum atomic E-state index is 12.2. The van der Waals surface area contributed by atoms with E-state index in [1.165, 1.54) is 6.21 Å². The molecule has 2 aromatic rings. The van der Waals surface area contributed by atoms with Crippen LogP contribution in [-0.2, 0) is 14.8 Å². The Hall–Kier alpha value is -2.87. The molecule has 28 heavy (non-hydrogen) atoms. The first-order chi connectivity index (χ1) is 13.2. The molecule has 0 radical (unpaired) electrons. The van der Waals surface area contributed by atoms with Crippen LogP contribution in [0.3, 0.4) is 0 Å². The van der Waals surface area contributed by atoms with Crippen LogP contribution in [0.25, 0.3) is 0 Å². The monoisotopic (exact) mass is 403 g/mol. The summed E-state index contributed by atoms with van der Waals surface area (Å²) in [4.78, 5) is 12.2. The Bertz CT molecular complexity index is 921. The molecule has 2 rings (SSSR count). The first-order valence-electron chi connectivity index (χ1n) is 8.74. The van der Waals surface area contributed by atoms with Crippen molar-refractivity contribution >= 4 is 27.8 Å². The number of methoxy groups -OCH3 is 1. The molecule has 0 aliphatic heterocycles. The zero-order valence-corrected chi connectivity index (χ0v) is 17.2. The molecule has 0 aliphatic rings. The van der Waals surface area contributed by atoms with E-state index >= 15 is 0 Å². The summed E-state index contributed by atoms with van der Waals surface area (Å²) in [6, 6.07) is 14.2. The maximum absolute atomic E-state index is 12.2. The minimum Gasteiger partial charge on any atom is -0.497 e. The van der Waals surface area contributed by atoms with Crippen LogP contribution < -0.4 is 14.5 Å². The molecule has 0 bridgehead atoms. The summed E-state index contributed by atoms with van der Waals surface area (Å²) in [5.74, 6) is 0.507. The van der Waals surface area contributed by atoms with Crippen molar-refractivity contribution in [2.45, 2.75) is 19.8 Å². The lowest BCUT2D eigenvalue weighted by Gasteiger charge is -2.21. The normalized spacial score (nSPS) is 11.6. The standard InChI is InChI=1S/C20H25N3O4S/c1-15(2)17-7-9-18(10-8-17)23(28(4,25)26)14-20(24)22-21-13-16-5-11-19(27-3)12-6-16/h5-13,15H,14H2,1-4H3,(H,22,24)/b21-13-. The number of sulfonamides is 1. The lowest BCUT2D eigenvalue weighted by Crippen LogP contribution is -2.39. The summed E-state index contributed by atoms with van der Waals surface area (Å²) in [5.41, 5.74) is 4.64. The minimum absolute atomic E-state index is 0.330. The highest BCUT2D eigenvalue weighted by Gasteiger charge is 2.20. The van der Waals surface area contributed by atoms with Crippen LogP contribution in [0.4, 0.5) is 5.69 Å². The third kappa shape index (κ3) is 6.09. The maximum Gasteiger partial charge on any atom is 0.260 e. The van der Waals surface area contributed by atoms with Crippen molar-refractivity contribution in [2.24, 2.45) is 5.10 Å². The summed E-state index contributed by atoms with van der Waals surface area (Å²) >= 11 is 0. The van der Waals surface area contributed by atoms with Crippen molar-refractivity contribution < 1.29 is 17.9 Å². The molecule has 0 fully saturated rings. The van der Waals surface area contributed by atoms with Crippen molar-refractivity contribution in [3.63, 3.8) is 0 Å². The molecule has 0 saturated carbocycles. The van der Waals surface area contributed by atoms with E-state index in [9.17, 15) is 13.2 Å². The van der Waals surface area contributed by atoms with E-state index in [0.29, 0.717) is 17.4 Å². The van der Waals surface area contributed by atoms with Gasteiger partial charge in [-0.2, -0.15) is 5.10 Å². The van der Waals surface area contributed by atoms with E-state index in [0.717, 1.165) is 21.7 Å². The number of nitrogens with one attached hydrogen (secondary N) is 1. The van der Waals surface area contributed by atoms with E-state index < -0.39 is 15.9 Å². The highest BCUT2D eigenvalue weighted by molar-refractivity contribution is 7.92. The molecule has 0 aromatic heterocycles. The quantitative estimate of drug-likeness (QED) is 0.542.